The van der Waals surface area contributed by atoms with Gasteiger partial charge in [-0.05, 0) is 57.8 Å². The van der Waals surface area contributed by atoms with Crippen LogP contribution in [0.5, 0.6) is 0 Å². The predicted molar refractivity (Wildman–Crippen MR) is 193 cm³/mol. The van der Waals surface area contributed by atoms with E-state index >= 15 is 0 Å². The standard InChI is InChI=1S/C40H75NO3/c1-3-5-7-9-11-13-15-17-18-19-20-21-22-24-25-27-29-31-33-35-39(43)38(37-42)41-40(44)36-34-32-30-28-26-23-16-14-12-10-8-6-4-2/h14,16,25,27,33,35,38-39,42-43H,3-13,15,17-24,26,28-32,34,36-37H2,1-2H3,(H,41,44)/b16-14-,27-25+,35-33+. The molecule has 0 heterocycles. The zero-order chi connectivity index (χ0) is 32.2. The van der Waals surface area contributed by atoms with Crippen molar-refractivity contribution in [2.75, 3.05) is 6.61 Å². The van der Waals surface area contributed by atoms with Crippen LogP contribution in [0.15, 0.2) is 36.5 Å². The lowest BCUT2D eigenvalue weighted by Gasteiger charge is -2.19. The number of carbonyl (C=O) groups is 1. The van der Waals surface area contributed by atoms with E-state index in [2.05, 4.69) is 43.5 Å². The van der Waals surface area contributed by atoms with Gasteiger partial charge in [0, 0.05) is 6.42 Å². The van der Waals surface area contributed by atoms with E-state index < -0.39 is 12.1 Å². The molecular weight excluding hydrogens is 542 g/mol. The quantitative estimate of drug-likeness (QED) is 0.0497. The van der Waals surface area contributed by atoms with Crippen LogP contribution < -0.4 is 5.32 Å². The van der Waals surface area contributed by atoms with Gasteiger partial charge in [0.15, 0.2) is 0 Å². The van der Waals surface area contributed by atoms with Gasteiger partial charge < -0.3 is 15.5 Å². The molecule has 0 aromatic heterocycles. The Kier molecular flexibility index (Phi) is 34.9. The summed E-state index contributed by atoms with van der Waals surface area (Å²) in [7, 11) is 0. The largest absolute Gasteiger partial charge is 0.394 e. The Hall–Kier alpha value is -1.39. The number of rotatable bonds is 34. The van der Waals surface area contributed by atoms with Crippen molar-refractivity contribution in [1.29, 1.82) is 0 Å². The molecule has 4 nitrogen and oxygen atoms in total. The Labute approximate surface area is 274 Å². The van der Waals surface area contributed by atoms with Crippen molar-refractivity contribution >= 4 is 5.91 Å². The van der Waals surface area contributed by atoms with Crippen LogP contribution in [0.3, 0.4) is 0 Å². The average molecular weight is 618 g/mol. The van der Waals surface area contributed by atoms with Gasteiger partial charge in [0.1, 0.15) is 0 Å². The molecule has 0 radical (unpaired) electrons. The Morgan fingerprint density at radius 3 is 1.34 bits per heavy atom. The van der Waals surface area contributed by atoms with Gasteiger partial charge >= 0.3 is 0 Å². The molecule has 1 amide bonds. The number of amides is 1. The molecule has 0 aliphatic carbocycles. The second-order valence-electron chi connectivity index (χ2n) is 13.0. The highest BCUT2D eigenvalue weighted by Gasteiger charge is 2.17. The molecule has 0 spiro atoms. The number of aliphatic hydroxyl groups is 2. The molecule has 2 unspecified atom stereocenters. The summed E-state index contributed by atoms with van der Waals surface area (Å²) < 4.78 is 0. The van der Waals surface area contributed by atoms with E-state index in [4.69, 9.17) is 0 Å². The van der Waals surface area contributed by atoms with Crippen molar-refractivity contribution in [3.63, 3.8) is 0 Å². The number of aliphatic hydroxyl groups excluding tert-OH is 2. The van der Waals surface area contributed by atoms with Crippen molar-refractivity contribution in [1.82, 2.24) is 5.32 Å². The molecule has 0 saturated heterocycles. The van der Waals surface area contributed by atoms with Gasteiger partial charge in [-0.25, -0.2) is 0 Å². The van der Waals surface area contributed by atoms with Gasteiger partial charge in [-0.2, -0.15) is 0 Å². The fourth-order valence-electron chi connectivity index (χ4n) is 5.60. The molecule has 0 aliphatic rings. The lowest BCUT2D eigenvalue weighted by Crippen LogP contribution is -2.45. The maximum Gasteiger partial charge on any atom is 0.220 e. The summed E-state index contributed by atoms with van der Waals surface area (Å²) in [4.78, 5) is 12.3. The van der Waals surface area contributed by atoms with Crippen LogP contribution in [-0.4, -0.2) is 34.9 Å². The fraction of sp³-hybridized carbons (Fsp3) is 0.825. The van der Waals surface area contributed by atoms with Crippen molar-refractivity contribution < 1.29 is 15.0 Å². The van der Waals surface area contributed by atoms with E-state index in [1.807, 2.05) is 6.08 Å². The highest BCUT2D eigenvalue weighted by Crippen LogP contribution is 2.13. The third-order valence-electron chi connectivity index (χ3n) is 8.60. The Morgan fingerprint density at radius 1 is 0.523 bits per heavy atom. The van der Waals surface area contributed by atoms with E-state index in [0.717, 1.165) is 44.9 Å². The van der Waals surface area contributed by atoms with Crippen LogP contribution in [0.2, 0.25) is 0 Å². The third-order valence-corrected chi connectivity index (χ3v) is 8.60. The summed E-state index contributed by atoms with van der Waals surface area (Å²) in [6, 6.07) is -0.640. The second kappa shape index (κ2) is 36.1. The van der Waals surface area contributed by atoms with E-state index in [1.165, 1.54) is 128 Å². The summed E-state index contributed by atoms with van der Waals surface area (Å²) in [5.41, 5.74) is 0. The molecule has 0 saturated carbocycles. The highest BCUT2D eigenvalue weighted by molar-refractivity contribution is 5.76. The number of hydrogen-bond donors (Lipinski definition) is 3. The Balaban J connectivity index is 3.66. The fourth-order valence-corrected chi connectivity index (χ4v) is 5.60. The Bertz CT molecular complexity index is 672. The first-order chi connectivity index (χ1) is 21.7. The van der Waals surface area contributed by atoms with Gasteiger partial charge in [0.25, 0.3) is 0 Å². The minimum atomic E-state index is -0.863. The molecule has 44 heavy (non-hydrogen) atoms. The highest BCUT2D eigenvalue weighted by atomic mass is 16.3. The van der Waals surface area contributed by atoms with E-state index in [9.17, 15) is 15.0 Å². The minimum Gasteiger partial charge on any atom is -0.394 e. The van der Waals surface area contributed by atoms with E-state index in [-0.39, 0.29) is 12.5 Å². The number of allylic oxidation sites excluding steroid dienone is 5. The normalized spacial score (nSPS) is 13.5. The van der Waals surface area contributed by atoms with Gasteiger partial charge in [0.2, 0.25) is 5.91 Å². The van der Waals surface area contributed by atoms with Gasteiger partial charge in [0.05, 0.1) is 18.8 Å². The Morgan fingerprint density at radius 2 is 0.886 bits per heavy atom. The van der Waals surface area contributed by atoms with Crippen LogP contribution in [0.1, 0.15) is 194 Å². The summed E-state index contributed by atoms with van der Waals surface area (Å²) in [5, 5.41) is 22.9. The first-order valence-corrected chi connectivity index (χ1v) is 19.2. The molecule has 0 rings (SSSR count). The maximum absolute atomic E-state index is 12.3. The summed E-state index contributed by atoms with van der Waals surface area (Å²) in [5.74, 6) is -0.0846. The molecular formula is C40H75NO3. The number of unbranched alkanes of at least 4 members (excludes halogenated alkanes) is 23. The monoisotopic (exact) mass is 618 g/mol. The summed E-state index contributed by atoms with van der Waals surface area (Å²) in [6.45, 7) is 4.27. The molecule has 4 heteroatoms. The molecule has 3 N–H and O–H groups in total. The summed E-state index contributed by atoms with van der Waals surface area (Å²) >= 11 is 0. The smallest absolute Gasteiger partial charge is 0.220 e. The molecule has 2 atom stereocenters. The van der Waals surface area contributed by atoms with Gasteiger partial charge in [-0.1, -0.05) is 166 Å². The second-order valence-corrected chi connectivity index (χ2v) is 13.0. The topological polar surface area (TPSA) is 69.6 Å². The van der Waals surface area contributed by atoms with Gasteiger partial charge in [-0.3, -0.25) is 4.79 Å². The lowest BCUT2D eigenvalue weighted by atomic mass is 10.0. The predicted octanol–water partition coefficient (Wildman–Crippen LogP) is 11.5. The SMILES string of the molecule is CCCCCC/C=C\CCCCCCCC(=O)NC(CO)C(O)/C=C/CC/C=C/CCCCCCCCCCCCCCC. The van der Waals surface area contributed by atoms with E-state index in [1.54, 1.807) is 6.08 Å². The van der Waals surface area contributed by atoms with E-state index in [0.29, 0.717) is 6.42 Å². The average Bonchev–Trinajstić information content (AvgIpc) is 3.03. The first-order valence-electron chi connectivity index (χ1n) is 19.2. The van der Waals surface area contributed by atoms with Crippen LogP contribution in [0, 0.1) is 0 Å². The maximum atomic E-state index is 12.3. The summed E-state index contributed by atoms with van der Waals surface area (Å²) in [6.07, 6.45) is 46.6. The lowest BCUT2D eigenvalue weighted by molar-refractivity contribution is -0.123. The molecule has 0 aliphatic heterocycles. The van der Waals surface area contributed by atoms with Crippen molar-refractivity contribution in [2.45, 2.75) is 206 Å². The van der Waals surface area contributed by atoms with Crippen LogP contribution in [-0.2, 0) is 4.79 Å². The minimum absolute atomic E-state index is 0.0846. The van der Waals surface area contributed by atoms with Crippen LogP contribution in [0.25, 0.3) is 0 Å². The van der Waals surface area contributed by atoms with Gasteiger partial charge in [-0.15, -0.1) is 0 Å². The van der Waals surface area contributed by atoms with Crippen LogP contribution in [0.4, 0.5) is 0 Å². The molecule has 258 valence electrons. The molecule has 0 bridgehead atoms. The zero-order valence-electron chi connectivity index (χ0n) is 29.4. The number of hydrogen-bond acceptors (Lipinski definition) is 3. The first kappa shape index (κ1) is 42.6. The van der Waals surface area contributed by atoms with Crippen molar-refractivity contribution in [3.8, 4) is 0 Å². The van der Waals surface area contributed by atoms with Crippen LogP contribution >= 0.6 is 0 Å². The van der Waals surface area contributed by atoms with Crippen molar-refractivity contribution in [2.24, 2.45) is 0 Å². The van der Waals surface area contributed by atoms with Crippen molar-refractivity contribution in [3.05, 3.63) is 36.5 Å². The zero-order valence-corrected chi connectivity index (χ0v) is 29.4. The third kappa shape index (κ3) is 32.0. The number of carbonyl (C=O) groups excluding carboxylic acids is 1. The molecule has 0 aromatic carbocycles. The molecule has 0 fully saturated rings. The number of nitrogens with one attached hydrogen (secondary N) is 1. The molecule has 0 aromatic rings.